The number of fused-ring (bicyclic) bond motifs is 1. The molecule has 4 rings (SSSR count). The van der Waals surface area contributed by atoms with E-state index < -0.39 is 0 Å². The number of halogens is 2. The Morgan fingerprint density at radius 1 is 1.21 bits per heavy atom. The number of methoxy groups -OCH3 is 1. The molecule has 2 aromatic carbocycles. The molecule has 1 atom stereocenters. The van der Waals surface area contributed by atoms with Gasteiger partial charge in [0.15, 0.2) is 11.5 Å². The summed E-state index contributed by atoms with van der Waals surface area (Å²) in [7, 11) is 1.63. The zero-order chi connectivity index (χ0) is 19.7. The minimum Gasteiger partial charge on any atom is -0.495 e. The molecular formula is C20H20Cl2N2O4. The first-order chi connectivity index (χ1) is 13.5. The molecule has 2 aliphatic rings. The molecule has 8 heteroatoms. The molecule has 0 radical (unpaired) electrons. The van der Waals surface area contributed by atoms with Crippen molar-refractivity contribution in [2.75, 3.05) is 38.3 Å². The van der Waals surface area contributed by atoms with E-state index in [2.05, 4.69) is 10.2 Å². The number of nitrogens with one attached hydrogen (secondary N) is 1. The molecule has 1 unspecified atom stereocenters. The second kappa shape index (κ2) is 7.97. The van der Waals surface area contributed by atoms with Gasteiger partial charge in [0, 0.05) is 29.7 Å². The first-order valence-corrected chi connectivity index (χ1v) is 9.79. The van der Waals surface area contributed by atoms with Crippen molar-refractivity contribution in [2.45, 2.75) is 12.5 Å². The Kier molecular flexibility index (Phi) is 5.42. The van der Waals surface area contributed by atoms with Crippen molar-refractivity contribution in [3.8, 4) is 17.2 Å². The summed E-state index contributed by atoms with van der Waals surface area (Å²) in [5, 5.41) is 4.09. The molecule has 2 aromatic rings. The van der Waals surface area contributed by atoms with Gasteiger partial charge in [0.25, 0.3) is 5.91 Å². The van der Waals surface area contributed by atoms with Crippen LogP contribution in [0.4, 0.5) is 5.69 Å². The maximum atomic E-state index is 12.7. The van der Waals surface area contributed by atoms with Gasteiger partial charge in [-0.3, -0.25) is 4.79 Å². The third-order valence-electron chi connectivity index (χ3n) is 4.86. The number of amides is 1. The molecule has 2 aliphatic heterocycles. The van der Waals surface area contributed by atoms with E-state index in [4.69, 9.17) is 37.4 Å². The second-order valence-corrected chi connectivity index (χ2v) is 7.55. The molecule has 1 saturated heterocycles. The molecule has 0 aliphatic carbocycles. The highest BCUT2D eigenvalue weighted by Crippen LogP contribution is 2.38. The molecule has 0 aromatic heterocycles. The number of carbonyl (C=O) groups is 1. The molecule has 0 spiro atoms. The van der Waals surface area contributed by atoms with E-state index >= 15 is 0 Å². The topological polar surface area (TPSA) is 60.0 Å². The quantitative estimate of drug-likeness (QED) is 0.811. The third-order valence-corrected chi connectivity index (χ3v) is 5.38. The van der Waals surface area contributed by atoms with Crippen LogP contribution in [0.25, 0.3) is 0 Å². The summed E-state index contributed by atoms with van der Waals surface area (Å²) >= 11 is 12.4. The van der Waals surface area contributed by atoms with Crippen LogP contribution in [0.5, 0.6) is 17.2 Å². The minimum atomic E-state index is -0.191. The van der Waals surface area contributed by atoms with Crippen molar-refractivity contribution < 1.29 is 19.0 Å². The normalized spacial score (nSPS) is 18.1. The second-order valence-electron chi connectivity index (χ2n) is 6.70. The molecule has 0 bridgehead atoms. The summed E-state index contributed by atoms with van der Waals surface area (Å²) in [5.74, 6) is 1.56. The molecule has 148 valence electrons. The number of hydrogen-bond acceptors (Lipinski definition) is 5. The van der Waals surface area contributed by atoms with Gasteiger partial charge in [-0.05, 0) is 36.8 Å². The molecule has 6 nitrogen and oxygen atoms in total. The highest BCUT2D eigenvalue weighted by atomic mass is 35.5. The first-order valence-electron chi connectivity index (χ1n) is 9.03. The van der Waals surface area contributed by atoms with E-state index in [1.54, 1.807) is 25.3 Å². The van der Waals surface area contributed by atoms with E-state index in [0.29, 0.717) is 46.9 Å². The van der Waals surface area contributed by atoms with Gasteiger partial charge in [0.2, 0.25) is 0 Å². The monoisotopic (exact) mass is 422 g/mol. The van der Waals surface area contributed by atoms with Gasteiger partial charge in [-0.1, -0.05) is 23.2 Å². The van der Waals surface area contributed by atoms with Crippen LogP contribution in [-0.4, -0.2) is 45.4 Å². The zero-order valence-corrected chi connectivity index (χ0v) is 16.8. The van der Waals surface area contributed by atoms with Crippen LogP contribution < -0.4 is 24.4 Å². The summed E-state index contributed by atoms with van der Waals surface area (Å²) < 4.78 is 16.5. The number of rotatable bonds is 4. The Bertz CT molecular complexity index is 906. The molecule has 1 amide bonds. The molecule has 0 saturated carbocycles. The maximum Gasteiger partial charge on any atom is 0.251 e. The van der Waals surface area contributed by atoms with Gasteiger partial charge in [0.05, 0.1) is 17.8 Å². The van der Waals surface area contributed by atoms with Crippen LogP contribution in [-0.2, 0) is 0 Å². The fourth-order valence-corrected chi connectivity index (χ4v) is 3.95. The number of carbonyl (C=O) groups excluding carboxylic acids is 1. The lowest BCUT2D eigenvalue weighted by Crippen LogP contribution is -2.37. The number of ether oxygens (including phenoxy) is 3. The van der Waals surface area contributed by atoms with Crippen LogP contribution in [0.2, 0.25) is 10.0 Å². The van der Waals surface area contributed by atoms with Crippen molar-refractivity contribution in [3.63, 3.8) is 0 Å². The molecular weight excluding hydrogens is 403 g/mol. The van der Waals surface area contributed by atoms with Gasteiger partial charge in [-0.2, -0.15) is 0 Å². The van der Waals surface area contributed by atoms with E-state index in [1.165, 1.54) is 0 Å². The Hall–Kier alpha value is -2.31. The highest BCUT2D eigenvalue weighted by Gasteiger charge is 2.27. The van der Waals surface area contributed by atoms with E-state index in [1.807, 2.05) is 12.1 Å². The van der Waals surface area contributed by atoms with Crippen LogP contribution >= 0.6 is 23.2 Å². The Balaban J connectivity index is 1.45. The lowest BCUT2D eigenvalue weighted by molar-refractivity contribution is 0.0939. The fourth-order valence-electron chi connectivity index (χ4n) is 3.52. The summed E-state index contributed by atoms with van der Waals surface area (Å²) in [6, 6.07) is 8.80. The predicted molar refractivity (Wildman–Crippen MR) is 109 cm³/mol. The van der Waals surface area contributed by atoms with Gasteiger partial charge < -0.3 is 24.4 Å². The first kappa shape index (κ1) is 19.0. The Morgan fingerprint density at radius 3 is 2.86 bits per heavy atom. The molecule has 1 N–H and O–H groups in total. The van der Waals surface area contributed by atoms with Crippen LogP contribution in [0, 0.1) is 0 Å². The third kappa shape index (κ3) is 3.80. The number of anilines is 1. The van der Waals surface area contributed by atoms with Gasteiger partial charge >= 0.3 is 0 Å². The maximum absolute atomic E-state index is 12.7. The summed E-state index contributed by atoms with van der Waals surface area (Å²) in [6.07, 6.45) is 0.819. The van der Waals surface area contributed by atoms with Gasteiger partial charge in [-0.15, -0.1) is 0 Å². The zero-order valence-electron chi connectivity index (χ0n) is 15.3. The van der Waals surface area contributed by atoms with Crippen LogP contribution in [0.3, 0.4) is 0 Å². The van der Waals surface area contributed by atoms with Crippen LogP contribution in [0.1, 0.15) is 16.8 Å². The molecule has 28 heavy (non-hydrogen) atoms. The smallest absolute Gasteiger partial charge is 0.251 e. The largest absolute Gasteiger partial charge is 0.495 e. The van der Waals surface area contributed by atoms with Crippen molar-refractivity contribution in [1.82, 2.24) is 5.32 Å². The number of nitrogens with zero attached hydrogens (tertiary/aromatic N) is 1. The van der Waals surface area contributed by atoms with Gasteiger partial charge in [0.1, 0.15) is 19.0 Å². The lowest BCUT2D eigenvalue weighted by Gasteiger charge is -2.22. The van der Waals surface area contributed by atoms with Gasteiger partial charge in [-0.25, -0.2) is 0 Å². The Labute approximate surface area is 173 Å². The number of benzene rings is 2. The highest BCUT2D eigenvalue weighted by molar-refractivity contribution is 6.32. The molecule has 1 fully saturated rings. The van der Waals surface area contributed by atoms with Crippen molar-refractivity contribution >= 4 is 34.8 Å². The average Bonchev–Trinajstić information content (AvgIpc) is 3.16. The van der Waals surface area contributed by atoms with E-state index in [9.17, 15) is 4.79 Å². The summed E-state index contributed by atoms with van der Waals surface area (Å²) in [5.41, 5.74) is 1.38. The summed E-state index contributed by atoms with van der Waals surface area (Å²) in [4.78, 5) is 14.9. The molecule has 2 heterocycles. The SMILES string of the molecule is COc1ccc(Cl)cc1N1CCC(NC(=O)c2cc(Cl)c3c(c2)OCCO3)C1. The Morgan fingerprint density at radius 2 is 2.04 bits per heavy atom. The van der Waals surface area contributed by atoms with Crippen molar-refractivity contribution in [1.29, 1.82) is 0 Å². The van der Waals surface area contributed by atoms with E-state index in [-0.39, 0.29) is 11.9 Å². The lowest BCUT2D eigenvalue weighted by atomic mass is 10.1. The summed E-state index contributed by atoms with van der Waals surface area (Å²) in [6.45, 7) is 2.35. The van der Waals surface area contributed by atoms with Crippen molar-refractivity contribution in [2.24, 2.45) is 0 Å². The van der Waals surface area contributed by atoms with E-state index in [0.717, 1.165) is 24.4 Å². The fraction of sp³-hybridized carbons (Fsp3) is 0.350. The minimum absolute atomic E-state index is 0.00293. The van der Waals surface area contributed by atoms with Crippen molar-refractivity contribution in [3.05, 3.63) is 45.9 Å². The standard InChI is InChI=1S/C20H20Cl2N2O4/c1-26-17-3-2-13(21)10-16(17)24-5-4-14(11-24)23-20(25)12-8-15(22)19-18(9-12)27-6-7-28-19/h2-3,8-10,14H,4-7,11H2,1H3,(H,23,25). The predicted octanol–water partition coefficient (Wildman–Crippen LogP) is 3.78. The average molecular weight is 423 g/mol. The number of hydrogen-bond donors (Lipinski definition) is 1. The van der Waals surface area contributed by atoms with Crippen LogP contribution in [0.15, 0.2) is 30.3 Å².